The molecule has 0 atom stereocenters. The van der Waals surface area contributed by atoms with Crippen LogP contribution in [0.2, 0.25) is 0 Å². The molecule has 1 aliphatic rings. The fourth-order valence-electron chi connectivity index (χ4n) is 2.51. The number of hydrogen-bond acceptors (Lipinski definition) is 1. The molecule has 1 N–H and O–H groups in total. The van der Waals surface area contributed by atoms with E-state index in [-0.39, 0.29) is 0 Å². The van der Waals surface area contributed by atoms with Crippen molar-refractivity contribution >= 4 is 0 Å². The van der Waals surface area contributed by atoms with Gasteiger partial charge in [0.1, 0.15) is 5.75 Å². The van der Waals surface area contributed by atoms with Crippen molar-refractivity contribution < 1.29 is 5.11 Å². The van der Waals surface area contributed by atoms with Crippen molar-refractivity contribution in [2.24, 2.45) is 5.41 Å². The fraction of sp³-hybridized carbons (Fsp3) is 0.571. The number of benzene rings is 1. The fourth-order valence-corrected chi connectivity index (χ4v) is 2.51. The second-order valence-electron chi connectivity index (χ2n) is 5.53. The van der Waals surface area contributed by atoms with Crippen molar-refractivity contribution in [3.05, 3.63) is 29.8 Å². The molecule has 82 valence electrons. The molecule has 0 radical (unpaired) electrons. The summed E-state index contributed by atoms with van der Waals surface area (Å²) >= 11 is 0. The van der Waals surface area contributed by atoms with Crippen LogP contribution in [-0.4, -0.2) is 5.11 Å². The molecular weight excluding hydrogens is 184 g/mol. The standard InChI is InChI=1S/C14H20O/c1-14(2)8-6-11(7-9-14)12-4-3-5-13(15)10-12/h3-5,10-11,15H,6-9H2,1-2H3. The molecule has 2 rings (SSSR count). The predicted octanol–water partition coefficient (Wildman–Crippen LogP) is 4.08. The molecule has 15 heavy (non-hydrogen) atoms. The van der Waals surface area contributed by atoms with E-state index in [9.17, 15) is 5.11 Å². The van der Waals surface area contributed by atoms with Crippen molar-refractivity contribution in [1.82, 2.24) is 0 Å². The molecule has 0 saturated heterocycles. The van der Waals surface area contributed by atoms with Crippen LogP contribution >= 0.6 is 0 Å². The van der Waals surface area contributed by atoms with E-state index in [4.69, 9.17) is 0 Å². The van der Waals surface area contributed by atoms with Crippen molar-refractivity contribution in [3.63, 3.8) is 0 Å². The third-order valence-corrected chi connectivity index (χ3v) is 3.68. The summed E-state index contributed by atoms with van der Waals surface area (Å²) in [5, 5.41) is 9.45. The lowest BCUT2D eigenvalue weighted by atomic mass is 9.71. The molecule has 0 spiro atoms. The smallest absolute Gasteiger partial charge is 0.115 e. The zero-order chi connectivity index (χ0) is 10.9. The van der Waals surface area contributed by atoms with Gasteiger partial charge in [-0.15, -0.1) is 0 Å². The Bertz CT molecular complexity index is 331. The van der Waals surface area contributed by atoms with Gasteiger partial charge in [-0.3, -0.25) is 0 Å². The van der Waals surface area contributed by atoms with Crippen LogP contribution in [0.4, 0.5) is 0 Å². The highest BCUT2D eigenvalue weighted by molar-refractivity contribution is 5.30. The summed E-state index contributed by atoms with van der Waals surface area (Å²) in [4.78, 5) is 0. The van der Waals surface area contributed by atoms with E-state index in [0.717, 1.165) is 0 Å². The minimum atomic E-state index is 0.400. The number of hydrogen-bond donors (Lipinski definition) is 1. The molecule has 1 aromatic rings. The Labute approximate surface area is 92.1 Å². The van der Waals surface area contributed by atoms with Gasteiger partial charge in [0.15, 0.2) is 0 Å². The number of phenols is 1. The Kier molecular flexibility index (Phi) is 2.72. The maximum atomic E-state index is 9.45. The molecule has 1 aromatic carbocycles. The SMILES string of the molecule is CC1(C)CCC(c2cccc(O)c2)CC1. The molecule has 1 fully saturated rings. The zero-order valence-electron chi connectivity index (χ0n) is 9.66. The van der Waals surface area contributed by atoms with Gasteiger partial charge in [-0.1, -0.05) is 26.0 Å². The maximum Gasteiger partial charge on any atom is 0.115 e. The van der Waals surface area contributed by atoms with E-state index in [1.807, 2.05) is 12.1 Å². The van der Waals surface area contributed by atoms with E-state index in [0.29, 0.717) is 17.1 Å². The summed E-state index contributed by atoms with van der Waals surface area (Å²) in [6, 6.07) is 7.76. The van der Waals surface area contributed by atoms with Gasteiger partial charge in [0.05, 0.1) is 0 Å². The summed E-state index contributed by atoms with van der Waals surface area (Å²) < 4.78 is 0. The predicted molar refractivity (Wildman–Crippen MR) is 63.1 cm³/mol. The highest BCUT2D eigenvalue weighted by Crippen LogP contribution is 2.42. The van der Waals surface area contributed by atoms with E-state index in [2.05, 4.69) is 19.9 Å². The molecule has 0 aromatic heterocycles. The summed E-state index contributed by atoms with van der Waals surface area (Å²) in [6.45, 7) is 4.71. The second-order valence-corrected chi connectivity index (χ2v) is 5.53. The lowest BCUT2D eigenvalue weighted by molar-refractivity contribution is 0.224. The van der Waals surface area contributed by atoms with E-state index >= 15 is 0 Å². The van der Waals surface area contributed by atoms with E-state index < -0.39 is 0 Å². The first-order chi connectivity index (χ1) is 7.07. The minimum absolute atomic E-state index is 0.400. The van der Waals surface area contributed by atoms with Crippen LogP contribution in [-0.2, 0) is 0 Å². The Morgan fingerprint density at radius 2 is 1.87 bits per heavy atom. The van der Waals surface area contributed by atoms with Crippen LogP contribution in [0.5, 0.6) is 5.75 Å². The normalized spacial score (nSPS) is 21.5. The van der Waals surface area contributed by atoms with Crippen LogP contribution in [0.15, 0.2) is 24.3 Å². The summed E-state index contributed by atoms with van der Waals surface area (Å²) in [6.07, 6.45) is 5.12. The van der Waals surface area contributed by atoms with Crippen LogP contribution in [0.1, 0.15) is 51.0 Å². The molecule has 1 saturated carbocycles. The van der Waals surface area contributed by atoms with Crippen molar-refractivity contribution in [3.8, 4) is 5.75 Å². The second kappa shape index (κ2) is 3.88. The molecule has 0 bridgehead atoms. The quantitative estimate of drug-likeness (QED) is 0.731. The largest absolute Gasteiger partial charge is 0.508 e. The van der Waals surface area contributed by atoms with Crippen molar-refractivity contribution in [2.75, 3.05) is 0 Å². The Morgan fingerprint density at radius 3 is 2.47 bits per heavy atom. The van der Waals surface area contributed by atoms with Gasteiger partial charge in [0.2, 0.25) is 0 Å². The van der Waals surface area contributed by atoms with Crippen LogP contribution in [0.25, 0.3) is 0 Å². The molecule has 1 nitrogen and oxygen atoms in total. The van der Waals surface area contributed by atoms with Gasteiger partial charge in [-0.2, -0.15) is 0 Å². The summed E-state index contributed by atoms with van der Waals surface area (Å²) in [5.74, 6) is 1.06. The topological polar surface area (TPSA) is 20.2 Å². The highest BCUT2D eigenvalue weighted by atomic mass is 16.3. The van der Waals surface area contributed by atoms with Crippen molar-refractivity contribution in [2.45, 2.75) is 45.4 Å². The van der Waals surface area contributed by atoms with Gasteiger partial charge < -0.3 is 5.11 Å². The average molecular weight is 204 g/mol. The van der Waals surface area contributed by atoms with Gasteiger partial charge >= 0.3 is 0 Å². The Hall–Kier alpha value is -0.980. The van der Waals surface area contributed by atoms with Gasteiger partial charge in [-0.05, 0) is 54.7 Å². The first kappa shape index (κ1) is 10.5. The van der Waals surface area contributed by atoms with E-state index in [1.165, 1.54) is 31.2 Å². The van der Waals surface area contributed by atoms with Gasteiger partial charge in [-0.25, -0.2) is 0 Å². The number of aromatic hydroxyl groups is 1. The lowest BCUT2D eigenvalue weighted by Crippen LogP contribution is -2.20. The molecule has 1 aliphatic carbocycles. The minimum Gasteiger partial charge on any atom is -0.508 e. The lowest BCUT2D eigenvalue weighted by Gasteiger charge is -2.34. The molecule has 0 heterocycles. The van der Waals surface area contributed by atoms with Crippen molar-refractivity contribution in [1.29, 1.82) is 0 Å². The van der Waals surface area contributed by atoms with Gasteiger partial charge in [0.25, 0.3) is 0 Å². The van der Waals surface area contributed by atoms with Gasteiger partial charge in [0, 0.05) is 0 Å². The molecule has 0 aliphatic heterocycles. The first-order valence-corrected chi connectivity index (χ1v) is 5.86. The third kappa shape index (κ3) is 2.53. The van der Waals surface area contributed by atoms with Crippen LogP contribution < -0.4 is 0 Å². The Balaban J connectivity index is 2.08. The summed E-state index contributed by atoms with van der Waals surface area (Å²) in [7, 11) is 0. The first-order valence-electron chi connectivity index (χ1n) is 5.86. The average Bonchev–Trinajstić information content (AvgIpc) is 2.17. The third-order valence-electron chi connectivity index (χ3n) is 3.68. The zero-order valence-corrected chi connectivity index (χ0v) is 9.66. The number of rotatable bonds is 1. The molecular formula is C14H20O. The van der Waals surface area contributed by atoms with Crippen LogP contribution in [0, 0.1) is 5.41 Å². The van der Waals surface area contributed by atoms with E-state index in [1.54, 1.807) is 6.07 Å². The molecule has 0 amide bonds. The summed E-state index contributed by atoms with van der Waals surface area (Å²) in [5.41, 5.74) is 1.83. The Morgan fingerprint density at radius 1 is 1.20 bits per heavy atom. The number of phenolic OH excluding ortho intramolecular Hbond substituents is 1. The maximum absolute atomic E-state index is 9.45. The monoisotopic (exact) mass is 204 g/mol. The highest BCUT2D eigenvalue weighted by Gasteiger charge is 2.27. The van der Waals surface area contributed by atoms with Crippen LogP contribution in [0.3, 0.4) is 0 Å². The molecule has 1 heteroatoms. The molecule has 0 unspecified atom stereocenters.